The average Bonchev–Trinajstić information content (AvgIpc) is 2.72. The predicted molar refractivity (Wildman–Crippen MR) is 160 cm³/mol. The van der Waals surface area contributed by atoms with Gasteiger partial charge in [-0.05, 0) is 112 Å². The van der Waals surface area contributed by atoms with Crippen LogP contribution in [0.5, 0.6) is 0 Å². The smallest absolute Gasteiger partial charge is 0.0632 e. The van der Waals surface area contributed by atoms with E-state index < -0.39 is 0 Å². The molecule has 0 saturated heterocycles. The highest BCUT2D eigenvalue weighted by atomic mass is 16.5. The minimum atomic E-state index is -0.320. The molecule has 6 heteroatoms. The van der Waals surface area contributed by atoms with Gasteiger partial charge in [0.25, 0.3) is 0 Å². The molecule has 0 amide bonds. The van der Waals surface area contributed by atoms with Crippen LogP contribution in [0.15, 0.2) is 0 Å². The number of rotatable bonds is 19. The number of nitrogens with two attached hydrogens (primary N) is 3. The lowest BCUT2D eigenvalue weighted by atomic mass is 9.65. The highest BCUT2D eigenvalue weighted by molar-refractivity contribution is 4.95. The Labute approximate surface area is 231 Å². The topological polar surface area (TPSA) is 106 Å². The first-order chi connectivity index (χ1) is 16.5. The monoisotopic (exact) mass is 530 g/mol. The molecule has 5 atom stereocenters. The first-order valence-corrected chi connectivity index (χ1v) is 14.7. The van der Waals surface area contributed by atoms with Gasteiger partial charge in [-0.15, -0.1) is 0 Å². The van der Waals surface area contributed by atoms with E-state index in [2.05, 4.69) is 83.1 Å². The molecule has 0 fully saturated rings. The number of hydrogen-bond acceptors (Lipinski definition) is 6. The van der Waals surface area contributed by atoms with Crippen LogP contribution in [0.2, 0.25) is 0 Å². The summed E-state index contributed by atoms with van der Waals surface area (Å²) in [5.74, 6) is 0.855. The molecule has 0 aliphatic rings. The van der Waals surface area contributed by atoms with Crippen LogP contribution in [0.1, 0.15) is 123 Å². The van der Waals surface area contributed by atoms with Crippen LogP contribution in [0.3, 0.4) is 0 Å². The molecule has 0 aromatic carbocycles. The first-order valence-electron chi connectivity index (χ1n) is 14.7. The zero-order valence-corrected chi connectivity index (χ0v) is 27.3. The van der Waals surface area contributed by atoms with Crippen molar-refractivity contribution in [3.8, 4) is 0 Å². The quantitative estimate of drug-likeness (QED) is 0.182. The summed E-state index contributed by atoms with van der Waals surface area (Å²) in [5, 5.41) is 0. The normalized spacial score (nSPS) is 19.7. The molecule has 37 heavy (non-hydrogen) atoms. The van der Waals surface area contributed by atoms with Crippen LogP contribution in [-0.2, 0) is 14.2 Å². The lowest BCUT2D eigenvalue weighted by molar-refractivity contribution is -0.130. The summed E-state index contributed by atoms with van der Waals surface area (Å²) in [5.41, 5.74) is 17.3. The second-order valence-corrected chi connectivity index (χ2v) is 15.0. The number of ether oxygens (including phenoxy) is 3. The summed E-state index contributed by atoms with van der Waals surface area (Å²) in [6.07, 6.45) is 3.72. The fraction of sp³-hybridized carbons (Fsp3) is 1.00. The molecule has 6 nitrogen and oxygen atoms in total. The maximum Gasteiger partial charge on any atom is 0.0632 e. The summed E-state index contributed by atoms with van der Waals surface area (Å²) in [4.78, 5) is 0. The van der Waals surface area contributed by atoms with Gasteiger partial charge < -0.3 is 31.4 Å². The van der Waals surface area contributed by atoms with Crippen molar-refractivity contribution < 1.29 is 14.2 Å². The van der Waals surface area contributed by atoms with E-state index in [4.69, 9.17) is 31.4 Å². The highest BCUT2D eigenvalue weighted by Crippen LogP contribution is 2.48. The summed E-state index contributed by atoms with van der Waals surface area (Å²) < 4.78 is 19.6. The molecule has 0 rings (SSSR count). The Morgan fingerprint density at radius 2 is 0.865 bits per heavy atom. The van der Waals surface area contributed by atoms with Crippen LogP contribution >= 0.6 is 0 Å². The van der Waals surface area contributed by atoms with E-state index in [0.717, 1.165) is 25.7 Å². The Morgan fingerprint density at radius 1 is 0.568 bits per heavy atom. The molecule has 6 N–H and O–H groups in total. The molecule has 0 aromatic rings. The molecule has 0 bridgehead atoms. The molecular formula is C31H67N3O3. The SMILES string of the molecule is CCC(CC(C)(C)OCC(C)C(C)N)(CC(C)(C)OCC(C)C(C)N)CC(C)(C)OCC(C)C(C)(C)N. The van der Waals surface area contributed by atoms with Crippen molar-refractivity contribution in [3.05, 3.63) is 0 Å². The molecule has 0 aromatic heterocycles. The fourth-order valence-electron chi connectivity index (χ4n) is 5.01. The Morgan fingerprint density at radius 3 is 1.11 bits per heavy atom. The lowest BCUT2D eigenvalue weighted by Crippen LogP contribution is -2.47. The third-order valence-electron chi connectivity index (χ3n) is 8.42. The predicted octanol–water partition coefficient (Wildman–Crippen LogP) is 6.28. The molecule has 0 radical (unpaired) electrons. The van der Waals surface area contributed by atoms with E-state index in [1.807, 2.05) is 13.8 Å². The highest BCUT2D eigenvalue weighted by Gasteiger charge is 2.44. The molecule has 0 aliphatic heterocycles. The van der Waals surface area contributed by atoms with E-state index in [-0.39, 0.29) is 45.8 Å². The fourth-order valence-corrected chi connectivity index (χ4v) is 5.01. The van der Waals surface area contributed by atoms with Crippen LogP contribution in [0.25, 0.3) is 0 Å². The minimum absolute atomic E-state index is 0.0485. The van der Waals surface area contributed by atoms with Crippen molar-refractivity contribution in [2.75, 3.05) is 19.8 Å². The largest absolute Gasteiger partial charge is 0.375 e. The van der Waals surface area contributed by atoms with E-state index in [0.29, 0.717) is 31.7 Å². The van der Waals surface area contributed by atoms with Gasteiger partial charge in [0.05, 0.1) is 36.6 Å². The standard InChI is InChI=1S/C31H67N3O3/c1-15-31(19-27(7,8)35-16-22(2)25(5)32,20-28(9,10)36-17-23(3)26(6)33)21-29(11,12)37-18-24(4)30(13,14)34/h22-26H,15-21,32-34H2,1-14H3. The van der Waals surface area contributed by atoms with Gasteiger partial charge in [-0.3, -0.25) is 0 Å². The van der Waals surface area contributed by atoms with Crippen molar-refractivity contribution in [3.63, 3.8) is 0 Å². The second kappa shape index (κ2) is 14.4. The lowest BCUT2D eigenvalue weighted by Gasteiger charge is -2.48. The van der Waals surface area contributed by atoms with E-state index in [1.54, 1.807) is 0 Å². The van der Waals surface area contributed by atoms with Crippen LogP contribution in [0.4, 0.5) is 0 Å². The maximum atomic E-state index is 6.57. The summed E-state index contributed by atoms with van der Waals surface area (Å²) in [6.45, 7) is 32.2. The molecular weight excluding hydrogens is 462 g/mol. The van der Waals surface area contributed by atoms with Crippen molar-refractivity contribution in [2.45, 2.75) is 157 Å². The Kier molecular flexibility index (Phi) is 14.3. The summed E-state index contributed by atoms with van der Waals surface area (Å²) >= 11 is 0. The van der Waals surface area contributed by atoms with Crippen LogP contribution in [-0.4, -0.2) is 54.2 Å². The van der Waals surface area contributed by atoms with E-state index in [9.17, 15) is 0 Å². The zero-order chi connectivity index (χ0) is 29.5. The van der Waals surface area contributed by atoms with Gasteiger partial charge in [0.15, 0.2) is 0 Å². The molecule has 224 valence electrons. The minimum Gasteiger partial charge on any atom is -0.375 e. The molecule has 0 aliphatic carbocycles. The molecule has 5 unspecified atom stereocenters. The Balaban J connectivity index is 5.94. The van der Waals surface area contributed by atoms with Crippen molar-refractivity contribution in [1.82, 2.24) is 0 Å². The third kappa shape index (κ3) is 14.6. The van der Waals surface area contributed by atoms with Crippen LogP contribution in [0, 0.1) is 23.2 Å². The van der Waals surface area contributed by atoms with E-state index in [1.165, 1.54) is 0 Å². The van der Waals surface area contributed by atoms with Crippen molar-refractivity contribution in [1.29, 1.82) is 0 Å². The van der Waals surface area contributed by atoms with Gasteiger partial charge in [0.2, 0.25) is 0 Å². The van der Waals surface area contributed by atoms with Gasteiger partial charge in [0.1, 0.15) is 0 Å². The van der Waals surface area contributed by atoms with Gasteiger partial charge in [-0.25, -0.2) is 0 Å². The van der Waals surface area contributed by atoms with Gasteiger partial charge in [-0.2, -0.15) is 0 Å². The average molecular weight is 530 g/mol. The van der Waals surface area contributed by atoms with Crippen molar-refractivity contribution in [2.24, 2.45) is 40.4 Å². The van der Waals surface area contributed by atoms with Crippen LogP contribution < -0.4 is 17.2 Å². The molecule has 0 saturated carbocycles. The Hall–Kier alpha value is -0.240. The second-order valence-electron chi connectivity index (χ2n) is 15.0. The first kappa shape index (κ1) is 36.8. The van der Waals surface area contributed by atoms with Gasteiger partial charge in [0, 0.05) is 17.6 Å². The van der Waals surface area contributed by atoms with Gasteiger partial charge in [-0.1, -0.05) is 34.1 Å². The number of hydrogen-bond donors (Lipinski definition) is 3. The van der Waals surface area contributed by atoms with Crippen molar-refractivity contribution >= 4 is 0 Å². The summed E-state index contributed by atoms with van der Waals surface area (Å²) in [6, 6.07) is 0.208. The Bertz CT molecular complexity index is 606. The summed E-state index contributed by atoms with van der Waals surface area (Å²) in [7, 11) is 0. The zero-order valence-electron chi connectivity index (χ0n) is 27.3. The maximum absolute atomic E-state index is 6.57. The van der Waals surface area contributed by atoms with E-state index >= 15 is 0 Å². The molecule has 0 heterocycles. The van der Waals surface area contributed by atoms with Gasteiger partial charge >= 0.3 is 0 Å². The third-order valence-corrected chi connectivity index (χ3v) is 8.42. The molecule has 0 spiro atoms.